The summed E-state index contributed by atoms with van der Waals surface area (Å²) in [6.07, 6.45) is 2.86. The molecule has 0 aliphatic carbocycles. The monoisotopic (exact) mass is 341 g/mol. The first-order valence-electron chi connectivity index (χ1n) is 7.96. The number of carbonyl (C=O) groups is 1. The third-order valence-corrected chi connectivity index (χ3v) is 3.56. The van der Waals surface area contributed by atoms with Crippen LogP contribution in [-0.4, -0.2) is 37.5 Å². The summed E-state index contributed by atoms with van der Waals surface area (Å²) >= 11 is 0. The van der Waals surface area contributed by atoms with Crippen LogP contribution in [0.15, 0.2) is 35.1 Å². The fourth-order valence-electron chi connectivity index (χ4n) is 2.24. The standard InChI is InChI=1S/C16H19N7O2/c1-3-13-20-14(25-22-13)8-9-17-16(24)19-12-6-4-11(5-7-12)15-21-18-10-23(15)2/h4-7,10H,3,8-9H2,1-2H3,(H2,17,19,24). The smallest absolute Gasteiger partial charge is 0.319 e. The van der Waals surface area contributed by atoms with Crippen molar-refractivity contribution in [2.24, 2.45) is 7.05 Å². The quantitative estimate of drug-likeness (QED) is 0.707. The molecule has 3 aromatic rings. The Bertz CT molecular complexity index is 838. The Labute approximate surface area is 144 Å². The lowest BCUT2D eigenvalue weighted by atomic mass is 10.2. The van der Waals surface area contributed by atoms with Crippen LogP contribution < -0.4 is 10.6 Å². The highest BCUT2D eigenvalue weighted by Crippen LogP contribution is 2.18. The van der Waals surface area contributed by atoms with Crippen molar-refractivity contribution in [2.45, 2.75) is 19.8 Å². The second kappa shape index (κ2) is 7.56. The Morgan fingerprint density at radius 3 is 2.72 bits per heavy atom. The highest BCUT2D eigenvalue weighted by atomic mass is 16.5. The molecule has 130 valence electrons. The predicted octanol–water partition coefficient (Wildman–Crippen LogP) is 1.79. The average Bonchev–Trinajstić information content (AvgIpc) is 3.24. The molecule has 2 N–H and O–H groups in total. The number of nitrogens with zero attached hydrogens (tertiary/aromatic N) is 5. The second-order valence-corrected chi connectivity index (χ2v) is 5.43. The summed E-state index contributed by atoms with van der Waals surface area (Å²) in [5, 5.41) is 17.2. The molecule has 0 aliphatic rings. The van der Waals surface area contributed by atoms with Crippen molar-refractivity contribution in [2.75, 3.05) is 11.9 Å². The molecule has 9 heteroatoms. The number of aromatic nitrogens is 5. The van der Waals surface area contributed by atoms with Crippen LogP contribution in [0.1, 0.15) is 18.6 Å². The number of aryl methyl sites for hydroxylation is 2. The largest absolute Gasteiger partial charge is 0.339 e. The minimum atomic E-state index is -0.290. The van der Waals surface area contributed by atoms with Gasteiger partial charge >= 0.3 is 6.03 Å². The molecular formula is C16H19N7O2. The van der Waals surface area contributed by atoms with Crippen LogP contribution >= 0.6 is 0 Å². The molecule has 2 amide bonds. The zero-order valence-corrected chi connectivity index (χ0v) is 14.1. The minimum absolute atomic E-state index is 0.290. The molecule has 0 unspecified atom stereocenters. The summed E-state index contributed by atoms with van der Waals surface area (Å²) < 4.78 is 6.90. The number of carbonyl (C=O) groups excluding carboxylic acids is 1. The molecule has 1 aromatic carbocycles. The van der Waals surface area contributed by atoms with Gasteiger partial charge in [0, 0.05) is 37.7 Å². The van der Waals surface area contributed by atoms with Crippen LogP contribution in [0.25, 0.3) is 11.4 Å². The number of hydrogen-bond acceptors (Lipinski definition) is 6. The number of amides is 2. The van der Waals surface area contributed by atoms with Gasteiger partial charge in [-0.25, -0.2) is 4.79 Å². The maximum atomic E-state index is 11.9. The summed E-state index contributed by atoms with van der Waals surface area (Å²) in [5.41, 5.74) is 1.61. The fraction of sp³-hybridized carbons (Fsp3) is 0.312. The maximum Gasteiger partial charge on any atom is 0.319 e. The van der Waals surface area contributed by atoms with E-state index >= 15 is 0 Å². The molecule has 0 bridgehead atoms. The van der Waals surface area contributed by atoms with Gasteiger partial charge < -0.3 is 19.7 Å². The number of rotatable bonds is 6. The van der Waals surface area contributed by atoms with Crippen molar-refractivity contribution in [3.8, 4) is 11.4 Å². The third kappa shape index (κ3) is 4.19. The second-order valence-electron chi connectivity index (χ2n) is 5.43. The molecule has 0 radical (unpaired) electrons. The number of urea groups is 1. The molecule has 2 aromatic heterocycles. The van der Waals surface area contributed by atoms with E-state index in [4.69, 9.17) is 4.52 Å². The normalized spacial score (nSPS) is 10.6. The minimum Gasteiger partial charge on any atom is -0.339 e. The molecule has 9 nitrogen and oxygen atoms in total. The highest BCUT2D eigenvalue weighted by Gasteiger charge is 2.07. The van der Waals surface area contributed by atoms with Gasteiger partial charge in [0.05, 0.1) is 0 Å². The molecular weight excluding hydrogens is 322 g/mol. The molecule has 0 saturated carbocycles. The van der Waals surface area contributed by atoms with Gasteiger partial charge in [0.15, 0.2) is 11.6 Å². The van der Waals surface area contributed by atoms with E-state index in [1.165, 1.54) is 0 Å². The van der Waals surface area contributed by atoms with Gasteiger partial charge in [0.2, 0.25) is 5.89 Å². The van der Waals surface area contributed by atoms with E-state index in [0.717, 1.165) is 17.8 Å². The lowest BCUT2D eigenvalue weighted by Crippen LogP contribution is -2.30. The van der Waals surface area contributed by atoms with Gasteiger partial charge in [-0.15, -0.1) is 10.2 Å². The SMILES string of the molecule is CCc1noc(CCNC(=O)Nc2ccc(-c3nncn3C)cc2)n1. The van der Waals surface area contributed by atoms with E-state index in [-0.39, 0.29) is 6.03 Å². The maximum absolute atomic E-state index is 11.9. The van der Waals surface area contributed by atoms with E-state index < -0.39 is 0 Å². The summed E-state index contributed by atoms with van der Waals surface area (Å²) in [6, 6.07) is 7.10. The van der Waals surface area contributed by atoms with Gasteiger partial charge in [0.25, 0.3) is 0 Å². The van der Waals surface area contributed by atoms with E-state index in [1.807, 2.05) is 42.8 Å². The van der Waals surface area contributed by atoms with Gasteiger partial charge in [0.1, 0.15) is 6.33 Å². The van der Waals surface area contributed by atoms with Crippen molar-refractivity contribution in [3.63, 3.8) is 0 Å². The van der Waals surface area contributed by atoms with Crippen LogP contribution in [0, 0.1) is 0 Å². The van der Waals surface area contributed by atoms with Crippen molar-refractivity contribution in [3.05, 3.63) is 42.3 Å². The topological polar surface area (TPSA) is 111 Å². The number of hydrogen-bond donors (Lipinski definition) is 2. The Balaban J connectivity index is 1.48. The lowest BCUT2D eigenvalue weighted by Gasteiger charge is -2.07. The van der Waals surface area contributed by atoms with Crippen LogP contribution in [-0.2, 0) is 19.9 Å². The van der Waals surface area contributed by atoms with E-state index in [9.17, 15) is 4.79 Å². The Hall–Kier alpha value is -3.23. The lowest BCUT2D eigenvalue weighted by molar-refractivity contribution is 0.252. The average molecular weight is 341 g/mol. The predicted molar refractivity (Wildman–Crippen MR) is 90.8 cm³/mol. The Morgan fingerprint density at radius 2 is 2.08 bits per heavy atom. The molecule has 3 rings (SSSR count). The van der Waals surface area contributed by atoms with Crippen molar-refractivity contribution in [1.29, 1.82) is 0 Å². The van der Waals surface area contributed by atoms with E-state index in [1.54, 1.807) is 6.33 Å². The summed E-state index contributed by atoms with van der Waals surface area (Å²) in [4.78, 5) is 16.1. The molecule has 0 atom stereocenters. The number of benzene rings is 1. The van der Waals surface area contributed by atoms with Crippen LogP contribution in [0.5, 0.6) is 0 Å². The molecule has 0 saturated heterocycles. The molecule has 0 aliphatic heterocycles. The van der Waals surface area contributed by atoms with Crippen LogP contribution in [0.4, 0.5) is 10.5 Å². The van der Waals surface area contributed by atoms with E-state index in [0.29, 0.717) is 30.4 Å². The first kappa shape index (κ1) is 16.6. The summed E-state index contributed by atoms with van der Waals surface area (Å²) in [7, 11) is 1.88. The van der Waals surface area contributed by atoms with Gasteiger partial charge in [-0.1, -0.05) is 12.1 Å². The summed E-state index contributed by atoms with van der Waals surface area (Å²) in [5.74, 6) is 1.95. The number of nitrogens with one attached hydrogen (secondary N) is 2. The first-order chi connectivity index (χ1) is 12.2. The summed E-state index contributed by atoms with van der Waals surface area (Å²) in [6.45, 7) is 2.37. The molecule has 2 heterocycles. The van der Waals surface area contributed by atoms with Crippen LogP contribution in [0.3, 0.4) is 0 Å². The zero-order valence-electron chi connectivity index (χ0n) is 14.1. The zero-order chi connectivity index (χ0) is 17.6. The fourth-order valence-corrected chi connectivity index (χ4v) is 2.24. The van der Waals surface area contributed by atoms with Crippen molar-refractivity contribution in [1.82, 2.24) is 30.2 Å². The molecule has 25 heavy (non-hydrogen) atoms. The number of anilines is 1. The highest BCUT2D eigenvalue weighted by molar-refractivity contribution is 5.89. The van der Waals surface area contributed by atoms with Crippen molar-refractivity contribution < 1.29 is 9.32 Å². The Morgan fingerprint density at radius 1 is 1.28 bits per heavy atom. The van der Waals surface area contributed by atoms with E-state index in [2.05, 4.69) is 31.0 Å². The third-order valence-electron chi connectivity index (χ3n) is 3.56. The van der Waals surface area contributed by atoms with Gasteiger partial charge in [-0.2, -0.15) is 4.98 Å². The van der Waals surface area contributed by atoms with Gasteiger partial charge in [-0.05, 0) is 24.3 Å². The first-order valence-corrected chi connectivity index (χ1v) is 7.96. The molecule has 0 spiro atoms. The van der Waals surface area contributed by atoms with Gasteiger partial charge in [-0.3, -0.25) is 0 Å². The van der Waals surface area contributed by atoms with Crippen LogP contribution in [0.2, 0.25) is 0 Å². The van der Waals surface area contributed by atoms with Crippen molar-refractivity contribution >= 4 is 11.7 Å². The molecule has 0 fully saturated rings. The Kier molecular flexibility index (Phi) is 5.03.